The molecule has 0 spiro atoms. The average Bonchev–Trinajstić information content (AvgIpc) is 3.72. The average molecular weight is 669 g/mol. The van der Waals surface area contributed by atoms with Gasteiger partial charge in [-0.3, -0.25) is 14.5 Å². The summed E-state index contributed by atoms with van der Waals surface area (Å²) in [6.45, 7) is 11.8. The van der Waals surface area contributed by atoms with Crippen LogP contribution in [0.4, 0.5) is 14.9 Å². The van der Waals surface area contributed by atoms with Gasteiger partial charge in [0.15, 0.2) is 0 Å². The lowest BCUT2D eigenvalue weighted by Gasteiger charge is -2.39. The molecule has 10 nitrogen and oxygen atoms in total. The minimum absolute atomic E-state index is 0.00433. The van der Waals surface area contributed by atoms with E-state index in [2.05, 4.69) is 16.1 Å². The number of amides is 2. The van der Waals surface area contributed by atoms with Gasteiger partial charge in [-0.05, 0) is 95.7 Å². The molecule has 1 aliphatic carbocycles. The lowest BCUT2D eigenvalue weighted by Crippen LogP contribution is -2.52. The summed E-state index contributed by atoms with van der Waals surface area (Å²) in [5.41, 5.74) is -0.418. The molecule has 254 valence electrons. The summed E-state index contributed by atoms with van der Waals surface area (Å²) < 4.78 is 42.8. The summed E-state index contributed by atoms with van der Waals surface area (Å²) in [6.07, 6.45) is 1.99. The zero-order chi connectivity index (χ0) is 34.7. The number of likely N-dealkylation sites (tertiary alicyclic amines) is 1. The van der Waals surface area contributed by atoms with E-state index in [1.165, 1.54) is 24.0 Å². The Morgan fingerprint density at radius 1 is 1.09 bits per heavy atom. The number of benzene rings is 2. The van der Waals surface area contributed by atoms with Gasteiger partial charge in [-0.1, -0.05) is 31.0 Å². The smallest absolute Gasteiger partial charge is 0.411 e. The van der Waals surface area contributed by atoms with E-state index in [1.807, 2.05) is 26.8 Å². The minimum atomic E-state index is -1.58. The Balaban J connectivity index is 1.75. The number of halogens is 1. The first-order valence-corrected chi connectivity index (χ1v) is 17.0. The first kappa shape index (κ1) is 36.2. The van der Waals surface area contributed by atoms with Crippen LogP contribution in [0.2, 0.25) is 0 Å². The van der Waals surface area contributed by atoms with Gasteiger partial charge in [0, 0.05) is 24.7 Å². The molecule has 0 aromatic heterocycles. The number of carbonyl (C=O) groups is 3. The molecule has 47 heavy (non-hydrogen) atoms. The predicted molar refractivity (Wildman–Crippen MR) is 177 cm³/mol. The maximum absolute atomic E-state index is 15.5. The summed E-state index contributed by atoms with van der Waals surface area (Å²) in [6, 6.07) is 12.5. The van der Waals surface area contributed by atoms with E-state index in [9.17, 15) is 24.2 Å². The maximum atomic E-state index is 15.5. The standard InChI is InChI=1S/C35H45FN4O6S/c1-22(41)45-27-19-30(40(21-27)32(43)46-33(2,3)4)31(42)38-29-18-26(13-14-28(29)36)35(16-15-23-11-12-23,39-47(44)34(5,6)7)25-10-8-9-24(17-25)20-37/h8-10,13-14,17-18,23,27,30,39H,11-12,15-16,19,21H2,1-7H3,(H,38,42)/t27-,30-,35-,47?/m1/s1. The van der Waals surface area contributed by atoms with E-state index in [0.29, 0.717) is 29.0 Å². The van der Waals surface area contributed by atoms with Crippen LogP contribution in [0.5, 0.6) is 0 Å². The zero-order valence-electron chi connectivity index (χ0n) is 28.1. The molecule has 2 amide bonds. The predicted octanol–water partition coefficient (Wildman–Crippen LogP) is 6.06. The van der Waals surface area contributed by atoms with Gasteiger partial charge in [0.1, 0.15) is 33.9 Å². The van der Waals surface area contributed by atoms with Crippen molar-refractivity contribution >= 4 is 35.0 Å². The molecule has 1 aliphatic heterocycles. The molecule has 4 atom stereocenters. The van der Waals surface area contributed by atoms with Gasteiger partial charge in [0.05, 0.1) is 23.9 Å². The van der Waals surface area contributed by atoms with Crippen molar-refractivity contribution in [3.63, 3.8) is 0 Å². The second kappa shape index (κ2) is 14.2. The monoisotopic (exact) mass is 668 g/mol. The van der Waals surface area contributed by atoms with E-state index < -0.39 is 63.2 Å². The van der Waals surface area contributed by atoms with Crippen LogP contribution in [-0.2, 0) is 36.0 Å². The van der Waals surface area contributed by atoms with Crippen molar-refractivity contribution in [2.45, 2.75) is 109 Å². The summed E-state index contributed by atoms with van der Waals surface area (Å²) >= 11 is -1.58. The second-order valence-corrected chi connectivity index (χ2v) is 16.3. The zero-order valence-corrected chi connectivity index (χ0v) is 29.0. The number of ether oxygens (including phenoxy) is 2. The summed E-state index contributed by atoms with van der Waals surface area (Å²) in [7, 11) is 0. The highest BCUT2D eigenvalue weighted by atomic mass is 32.2. The van der Waals surface area contributed by atoms with E-state index in [0.717, 1.165) is 19.3 Å². The number of anilines is 1. The largest absolute Gasteiger partial charge is 0.598 e. The van der Waals surface area contributed by atoms with Gasteiger partial charge in [0.2, 0.25) is 5.91 Å². The third-order valence-corrected chi connectivity index (χ3v) is 9.82. The molecule has 4 rings (SSSR count). The van der Waals surface area contributed by atoms with Crippen molar-refractivity contribution in [1.29, 1.82) is 5.26 Å². The Labute approximate surface area is 279 Å². The highest BCUT2D eigenvalue weighted by Crippen LogP contribution is 2.43. The molecular weight excluding hydrogens is 623 g/mol. The molecular formula is C35H45FN4O6S. The Morgan fingerprint density at radius 3 is 2.36 bits per heavy atom. The Kier molecular flexibility index (Phi) is 10.9. The van der Waals surface area contributed by atoms with E-state index in [1.54, 1.807) is 45.0 Å². The van der Waals surface area contributed by atoms with Gasteiger partial charge >= 0.3 is 12.1 Å². The maximum Gasteiger partial charge on any atom is 0.411 e. The van der Waals surface area contributed by atoms with Gasteiger partial charge in [0.25, 0.3) is 0 Å². The fourth-order valence-corrected chi connectivity index (χ4v) is 6.57. The van der Waals surface area contributed by atoms with Crippen molar-refractivity contribution in [2.75, 3.05) is 11.9 Å². The topological polar surface area (TPSA) is 144 Å². The number of hydrogen-bond donors (Lipinski definition) is 2. The minimum Gasteiger partial charge on any atom is -0.598 e. The molecule has 2 aromatic rings. The highest BCUT2D eigenvalue weighted by molar-refractivity contribution is 7.90. The number of rotatable bonds is 10. The Morgan fingerprint density at radius 2 is 1.77 bits per heavy atom. The van der Waals surface area contributed by atoms with Crippen LogP contribution >= 0.6 is 0 Å². The Bertz CT molecular complexity index is 1530. The van der Waals surface area contributed by atoms with Crippen LogP contribution in [0.15, 0.2) is 42.5 Å². The molecule has 1 saturated carbocycles. The number of nitrogens with one attached hydrogen (secondary N) is 2. The van der Waals surface area contributed by atoms with Crippen molar-refractivity contribution in [2.24, 2.45) is 5.92 Å². The molecule has 1 heterocycles. The molecule has 2 N–H and O–H groups in total. The van der Waals surface area contributed by atoms with E-state index in [4.69, 9.17) is 9.47 Å². The van der Waals surface area contributed by atoms with Crippen LogP contribution in [0.1, 0.15) is 97.3 Å². The van der Waals surface area contributed by atoms with Crippen molar-refractivity contribution in [1.82, 2.24) is 9.62 Å². The summed E-state index contributed by atoms with van der Waals surface area (Å²) in [5.74, 6) is -1.44. The molecule has 0 bridgehead atoms. The van der Waals surface area contributed by atoms with E-state index in [-0.39, 0.29) is 18.7 Å². The van der Waals surface area contributed by atoms with Gasteiger partial charge in [-0.15, -0.1) is 4.72 Å². The molecule has 2 aliphatic rings. The van der Waals surface area contributed by atoms with Crippen LogP contribution in [0, 0.1) is 23.1 Å². The van der Waals surface area contributed by atoms with Gasteiger partial charge in [-0.25, -0.2) is 9.18 Å². The highest BCUT2D eigenvalue weighted by Gasteiger charge is 2.45. The van der Waals surface area contributed by atoms with Crippen molar-refractivity contribution in [3.05, 3.63) is 65.0 Å². The normalized spacial score (nSPS) is 20.1. The fraction of sp³-hybridized carbons (Fsp3) is 0.543. The van der Waals surface area contributed by atoms with Crippen molar-refractivity contribution < 1.29 is 32.8 Å². The lowest BCUT2D eigenvalue weighted by molar-refractivity contribution is -0.145. The van der Waals surface area contributed by atoms with Crippen LogP contribution in [0.25, 0.3) is 0 Å². The molecule has 1 unspecified atom stereocenters. The lowest BCUT2D eigenvalue weighted by atomic mass is 9.79. The first-order valence-electron chi connectivity index (χ1n) is 15.9. The second-order valence-electron chi connectivity index (χ2n) is 14.4. The van der Waals surface area contributed by atoms with Gasteiger partial charge in [-0.2, -0.15) is 5.26 Å². The first-order chi connectivity index (χ1) is 21.9. The quantitative estimate of drug-likeness (QED) is 0.230. The van der Waals surface area contributed by atoms with Crippen LogP contribution < -0.4 is 10.0 Å². The number of nitrogens with zero attached hydrogens (tertiary/aromatic N) is 2. The van der Waals surface area contributed by atoms with E-state index >= 15 is 4.39 Å². The molecule has 2 fully saturated rings. The number of esters is 1. The number of hydrogen-bond acceptors (Lipinski definition) is 8. The molecule has 2 aromatic carbocycles. The van der Waals surface area contributed by atoms with Gasteiger partial charge < -0.3 is 19.3 Å². The van der Waals surface area contributed by atoms with Crippen LogP contribution in [-0.4, -0.2) is 56.5 Å². The Hall–Kier alpha value is -3.66. The third kappa shape index (κ3) is 9.24. The molecule has 0 radical (unpaired) electrons. The third-order valence-electron chi connectivity index (χ3n) is 8.18. The summed E-state index contributed by atoms with van der Waals surface area (Å²) in [4.78, 5) is 39.7. The SMILES string of the molecule is CC(=O)O[C@@H]1C[C@H](C(=O)Nc2cc([C@](CCC3CC3)(N[S+]([O-])C(C)(C)C)c3cccc(C#N)c3)ccc2F)N(C(=O)OC(C)(C)C)C1. The molecule has 12 heteroatoms. The van der Waals surface area contributed by atoms with Crippen LogP contribution in [0.3, 0.4) is 0 Å². The van der Waals surface area contributed by atoms with Crippen molar-refractivity contribution in [3.8, 4) is 6.07 Å². The number of carbonyl (C=O) groups excluding carboxylic acids is 3. The molecule has 1 saturated heterocycles. The number of nitriles is 1. The fourth-order valence-electron chi connectivity index (χ4n) is 5.61. The summed E-state index contributed by atoms with van der Waals surface area (Å²) in [5, 5.41) is 12.4.